The fourth-order valence-electron chi connectivity index (χ4n) is 8.99. The first kappa shape index (κ1) is 34.0. The summed E-state index contributed by atoms with van der Waals surface area (Å²) in [6, 6.07) is 12.6. The predicted octanol–water partition coefficient (Wildman–Crippen LogP) is 8.65. The van der Waals surface area contributed by atoms with Gasteiger partial charge < -0.3 is 18.3 Å². The van der Waals surface area contributed by atoms with E-state index in [-0.39, 0.29) is 30.5 Å². The Kier molecular flexibility index (Phi) is 9.28. The summed E-state index contributed by atoms with van der Waals surface area (Å²) >= 11 is 1.73. The molecule has 44 heavy (non-hydrogen) atoms. The number of ether oxygens (including phenoxy) is 1. The van der Waals surface area contributed by atoms with Crippen molar-refractivity contribution in [2.24, 2.45) is 17.3 Å². The molecule has 2 bridgehead atoms. The van der Waals surface area contributed by atoms with Gasteiger partial charge in [-0.25, -0.2) is 0 Å². The van der Waals surface area contributed by atoms with Crippen LogP contribution in [0.5, 0.6) is 5.75 Å². The lowest BCUT2D eigenvalue weighted by molar-refractivity contribution is -0.199. The van der Waals surface area contributed by atoms with Crippen molar-refractivity contribution in [1.82, 2.24) is 4.23 Å². The highest BCUT2D eigenvalue weighted by molar-refractivity contribution is 7.98. The molecule has 0 amide bonds. The van der Waals surface area contributed by atoms with Gasteiger partial charge >= 0.3 is 7.12 Å². The molecule has 240 valence electrons. The second-order valence-corrected chi connectivity index (χ2v) is 27.3. The van der Waals surface area contributed by atoms with E-state index in [1.807, 2.05) is 12.1 Å². The number of hydrogen-bond donors (Lipinski definition) is 0. The monoisotopic (exact) mass is 651 g/mol. The molecule has 4 fully saturated rings. The zero-order valence-electron chi connectivity index (χ0n) is 29.2. The molecule has 1 saturated heterocycles. The third-order valence-electron chi connectivity index (χ3n) is 10.9. The van der Waals surface area contributed by atoms with Crippen molar-refractivity contribution in [2.45, 2.75) is 121 Å². The Labute approximate surface area is 273 Å². The lowest BCUT2D eigenvalue weighted by Crippen LogP contribution is -2.68. The second kappa shape index (κ2) is 12.0. The first-order valence-corrected chi connectivity index (χ1v) is 24.3. The molecular formula is C35H54BNO4SSi2. The van der Waals surface area contributed by atoms with Crippen molar-refractivity contribution >= 4 is 41.1 Å². The molecule has 1 aliphatic heterocycles. The molecule has 3 saturated carbocycles. The van der Waals surface area contributed by atoms with E-state index < -0.39 is 16.5 Å². The zero-order chi connectivity index (χ0) is 32.4. The predicted molar refractivity (Wildman–Crippen MR) is 190 cm³/mol. The van der Waals surface area contributed by atoms with Crippen LogP contribution in [0.4, 0.5) is 0 Å². The first-order chi connectivity index (χ1) is 20.4. The van der Waals surface area contributed by atoms with Crippen molar-refractivity contribution in [3.8, 4) is 5.75 Å². The van der Waals surface area contributed by atoms with Gasteiger partial charge in [0.05, 0.1) is 18.8 Å². The minimum atomic E-state index is -1.78. The Balaban J connectivity index is 1.47. The van der Waals surface area contributed by atoms with Crippen LogP contribution in [0.25, 0.3) is 0 Å². The van der Waals surface area contributed by atoms with E-state index >= 15 is 0 Å². The van der Waals surface area contributed by atoms with Crippen molar-refractivity contribution < 1.29 is 18.8 Å². The molecule has 0 N–H and O–H groups in total. The van der Waals surface area contributed by atoms with Gasteiger partial charge in [0.15, 0.2) is 5.78 Å². The number of methoxy groups -OCH3 is 1. The zero-order valence-corrected chi connectivity index (χ0v) is 32.0. The second-order valence-electron chi connectivity index (χ2n) is 16.2. The van der Waals surface area contributed by atoms with Gasteiger partial charge in [-0.3, -0.25) is 4.79 Å². The molecule has 5 nitrogen and oxygen atoms in total. The Morgan fingerprint density at radius 3 is 2.23 bits per heavy atom. The smallest absolute Gasteiger partial charge is 0.475 e. The molecule has 4 aliphatic rings. The molecule has 5 atom stereocenters. The highest BCUT2D eigenvalue weighted by Gasteiger charge is 2.69. The maximum Gasteiger partial charge on any atom is 0.475 e. The normalized spacial score (nSPS) is 26.8. The number of benzene rings is 2. The average Bonchev–Trinajstić information content (AvgIpc) is 3.28. The molecule has 0 aromatic heterocycles. The van der Waals surface area contributed by atoms with E-state index in [2.05, 4.69) is 95.5 Å². The number of thioether (sulfide) groups is 1. The largest absolute Gasteiger partial charge is 0.497 e. The van der Waals surface area contributed by atoms with Crippen LogP contribution in [0.3, 0.4) is 0 Å². The maximum atomic E-state index is 13.2. The molecule has 9 heteroatoms. The number of carbonyl (C=O) groups excluding carboxylic acids is 1. The standard InChI is InChI=1S/C35H54BNO4SSi2/c1-23-26(15-18-29(33(23)24(2)38)42-22-25-13-16-28(39-6)17-14-25)19-32(37(43(7,8)9)44(10,11)12)36-40-31-21-27-20-30(34(27,3)4)35(31,5)41-36/h13-18,27,30-32H,19-22H2,1-12H3/t27-,30-,31?,32-,35-/m0/s1. The highest BCUT2D eigenvalue weighted by Crippen LogP contribution is 2.66. The van der Waals surface area contributed by atoms with Crippen LogP contribution in [-0.4, -0.2) is 58.4 Å². The van der Waals surface area contributed by atoms with Crippen LogP contribution in [0.15, 0.2) is 41.3 Å². The van der Waals surface area contributed by atoms with Crippen LogP contribution in [0.1, 0.15) is 67.6 Å². The van der Waals surface area contributed by atoms with Crippen molar-refractivity contribution in [3.05, 3.63) is 58.7 Å². The summed E-state index contributed by atoms with van der Waals surface area (Å²) in [6.07, 6.45) is 3.32. The quantitative estimate of drug-likeness (QED) is 0.138. The molecule has 2 aromatic carbocycles. The average molecular weight is 652 g/mol. The van der Waals surface area contributed by atoms with Gasteiger partial charge in [-0.2, -0.15) is 0 Å². The van der Waals surface area contributed by atoms with E-state index in [1.165, 1.54) is 17.5 Å². The highest BCUT2D eigenvalue weighted by atomic mass is 32.2. The Hall–Kier alpha value is -1.36. The number of rotatable bonds is 11. The Morgan fingerprint density at radius 1 is 1.05 bits per heavy atom. The lowest BCUT2D eigenvalue weighted by Gasteiger charge is -2.64. The van der Waals surface area contributed by atoms with Gasteiger partial charge in [-0.1, -0.05) is 71.3 Å². The lowest BCUT2D eigenvalue weighted by atomic mass is 9.43. The molecule has 1 unspecified atom stereocenters. The van der Waals surface area contributed by atoms with E-state index in [9.17, 15) is 4.79 Å². The number of ketones is 1. The summed E-state index contributed by atoms with van der Waals surface area (Å²) in [7, 11) is -2.15. The van der Waals surface area contributed by atoms with E-state index in [4.69, 9.17) is 14.0 Å². The van der Waals surface area contributed by atoms with Crippen LogP contribution < -0.4 is 4.74 Å². The number of carbonyl (C=O) groups is 1. The van der Waals surface area contributed by atoms with Gasteiger partial charge in [0, 0.05) is 22.2 Å². The number of hydrogen-bond acceptors (Lipinski definition) is 6. The van der Waals surface area contributed by atoms with Gasteiger partial charge in [0.25, 0.3) is 0 Å². The minimum absolute atomic E-state index is 0.104. The van der Waals surface area contributed by atoms with Gasteiger partial charge in [-0.05, 0) is 92.2 Å². The molecule has 1 heterocycles. The summed E-state index contributed by atoms with van der Waals surface area (Å²) in [6.45, 7) is 25.8. The summed E-state index contributed by atoms with van der Waals surface area (Å²) in [4.78, 5) is 14.2. The van der Waals surface area contributed by atoms with Gasteiger partial charge in [0.1, 0.15) is 22.2 Å². The third-order valence-corrected chi connectivity index (χ3v) is 19.6. The summed E-state index contributed by atoms with van der Waals surface area (Å²) in [5, 5.41) is 0. The number of Topliss-reactive ketones (excluding diaryl/α,β-unsaturated/α-hetero) is 1. The molecule has 2 aromatic rings. The van der Waals surface area contributed by atoms with Crippen LogP contribution in [0, 0.1) is 24.2 Å². The van der Waals surface area contributed by atoms with Crippen LogP contribution in [-0.2, 0) is 21.5 Å². The molecule has 3 aliphatic carbocycles. The van der Waals surface area contributed by atoms with E-state index in [0.717, 1.165) is 46.3 Å². The van der Waals surface area contributed by atoms with Crippen molar-refractivity contribution in [1.29, 1.82) is 0 Å². The van der Waals surface area contributed by atoms with Crippen molar-refractivity contribution in [2.75, 3.05) is 7.11 Å². The third kappa shape index (κ3) is 6.18. The Bertz CT molecular complexity index is 1370. The molecule has 0 spiro atoms. The minimum Gasteiger partial charge on any atom is -0.497 e. The topological polar surface area (TPSA) is 48.0 Å². The fraction of sp³-hybridized carbons (Fsp3) is 0.629. The summed E-state index contributed by atoms with van der Waals surface area (Å²) in [5.74, 6) is 3.14. The van der Waals surface area contributed by atoms with Gasteiger partial charge in [-0.15, -0.1) is 11.8 Å². The fourth-order valence-corrected chi connectivity index (χ4v) is 20.6. The molecular weight excluding hydrogens is 597 g/mol. The first-order valence-electron chi connectivity index (χ1n) is 16.4. The van der Waals surface area contributed by atoms with E-state index in [0.29, 0.717) is 11.3 Å². The Morgan fingerprint density at radius 2 is 1.68 bits per heavy atom. The maximum absolute atomic E-state index is 13.2. The van der Waals surface area contributed by atoms with Crippen molar-refractivity contribution in [3.63, 3.8) is 0 Å². The summed E-state index contributed by atoms with van der Waals surface area (Å²) < 4.78 is 22.4. The SMILES string of the molecule is COc1ccc(CSc2ccc(C[C@@H](B3OC4C[C@@H]5C[C@@H](C5(C)C)[C@]4(C)O3)N([Si](C)(C)C)[Si](C)(C)C)c(C)c2C(C)=O)cc1. The van der Waals surface area contributed by atoms with Gasteiger partial charge in [0.2, 0.25) is 0 Å². The number of nitrogens with zero attached hydrogens (tertiary/aromatic N) is 1. The van der Waals surface area contributed by atoms with Crippen LogP contribution >= 0.6 is 11.8 Å². The molecule has 0 radical (unpaired) electrons. The molecule has 6 rings (SSSR count). The summed E-state index contributed by atoms with van der Waals surface area (Å²) in [5.41, 5.74) is 4.45. The van der Waals surface area contributed by atoms with E-state index in [1.54, 1.807) is 25.8 Å². The van der Waals surface area contributed by atoms with Crippen LogP contribution in [0.2, 0.25) is 39.3 Å².